The summed E-state index contributed by atoms with van der Waals surface area (Å²) in [6.45, 7) is 3.09. The van der Waals surface area contributed by atoms with Gasteiger partial charge in [-0.15, -0.1) is 0 Å². The highest BCUT2D eigenvalue weighted by molar-refractivity contribution is 7.89. The number of hydrogen-bond donors (Lipinski definition) is 1. The zero-order chi connectivity index (χ0) is 18.6. The van der Waals surface area contributed by atoms with Gasteiger partial charge in [0.1, 0.15) is 0 Å². The second-order valence-corrected chi connectivity index (χ2v) is 8.29. The summed E-state index contributed by atoms with van der Waals surface area (Å²) in [4.78, 5) is 13.5. The number of nitrogens with zero attached hydrogens (tertiary/aromatic N) is 2. The maximum absolute atomic E-state index is 12.8. The Bertz CT molecular complexity index is 851. The van der Waals surface area contributed by atoms with Crippen molar-refractivity contribution in [1.82, 2.24) is 9.21 Å². The molecule has 2 aromatic rings. The molecule has 1 aliphatic rings. The lowest BCUT2D eigenvalue weighted by Gasteiger charge is -2.22. The standard InChI is InChI=1S/C19H22N2O4S/c22-19(23)17-9-7-16(8-10-17)15-20-11-4-12-21(14-13-20)26(24,25)18-5-2-1-3-6-18/h1-3,5-10H,4,11-15H2,(H,22,23). The van der Waals surface area contributed by atoms with Gasteiger partial charge in [0.25, 0.3) is 0 Å². The fourth-order valence-corrected chi connectivity index (χ4v) is 4.59. The molecule has 0 aromatic heterocycles. The van der Waals surface area contributed by atoms with Crippen molar-refractivity contribution >= 4 is 16.0 Å². The van der Waals surface area contributed by atoms with Crippen LogP contribution in [0.5, 0.6) is 0 Å². The van der Waals surface area contributed by atoms with Gasteiger partial charge in [0, 0.05) is 26.2 Å². The van der Waals surface area contributed by atoms with Crippen LogP contribution in [0.1, 0.15) is 22.3 Å². The number of hydrogen-bond acceptors (Lipinski definition) is 4. The predicted molar refractivity (Wildman–Crippen MR) is 98.5 cm³/mol. The topological polar surface area (TPSA) is 77.9 Å². The van der Waals surface area contributed by atoms with Crippen LogP contribution in [0.2, 0.25) is 0 Å². The number of rotatable bonds is 5. The van der Waals surface area contributed by atoms with Gasteiger partial charge in [-0.05, 0) is 42.8 Å². The van der Waals surface area contributed by atoms with Crippen LogP contribution in [0.25, 0.3) is 0 Å². The van der Waals surface area contributed by atoms with Gasteiger partial charge < -0.3 is 5.11 Å². The summed E-state index contributed by atoms with van der Waals surface area (Å²) >= 11 is 0. The molecule has 0 radical (unpaired) electrons. The fourth-order valence-electron chi connectivity index (χ4n) is 3.10. The highest BCUT2D eigenvalue weighted by Crippen LogP contribution is 2.18. The van der Waals surface area contributed by atoms with Crippen molar-refractivity contribution in [3.63, 3.8) is 0 Å². The van der Waals surface area contributed by atoms with Gasteiger partial charge in [-0.3, -0.25) is 4.90 Å². The molecular weight excluding hydrogens is 352 g/mol. The first-order valence-corrected chi connectivity index (χ1v) is 10.0. The van der Waals surface area contributed by atoms with Gasteiger partial charge in [-0.2, -0.15) is 4.31 Å². The van der Waals surface area contributed by atoms with Gasteiger partial charge in [0.2, 0.25) is 10.0 Å². The van der Waals surface area contributed by atoms with Gasteiger partial charge in [-0.1, -0.05) is 30.3 Å². The Hall–Kier alpha value is -2.22. The van der Waals surface area contributed by atoms with E-state index in [2.05, 4.69) is 4.90 Å². The lowest BCUT2D eigenvalue weighted by Crippen LogP contribution is -2.35. The minimum atomic E-state index is -3.46. The van der Waals surface area contributed by atoms with E-state index in [1.165, 1.54) is 0 Å². The van der Waals surface area contributed by atoms with Crippen LogP contribution in [-0.4, -0.2) is 54.9 Å². The zero-order valence-electron chi connectivity index (χ0n) is 14.4. The van der Waals surface area contributed by atoms with Gasteiger partial charge in [-0.25, -0.2) is 13.2 Å². The quantitative estimate of drug-likeness (QED) is 0.869. The first-order chi connectivity index (χ1) is 12.5. The molecule has 1 aliphatic heterocycles. The summed E-state index contributed by atoms with van der Waals surface area (Å²) in [7, 11) is -3.46. The largest absolute Gasteiger partial charge is 0.478 e. The molecule has 6 nitrogen and oxygen atoms in total. The molecule has 0 amide bonds. The number of benzene rings is 2. The van der Waals surface area contributed by atoms with Crippen LogP contribution in [0.15, 0.2) is 59.5 Å². The molecule has 0 bridgehead atoms. The molecule has 2 aromatic carbocycles. The van der Waals surface area contributed by atoms with E-state index in [1.54, 1.807) is 46.8 Å². The highest BCUT2D eigenvalue weighted by Gasteiger charge is 2.26. The lowest BCUT2D eigenvalue weighted by atomic mass is 10.1. The van der Waals surface area contributed by atoms with Crippen molar-refractivity contribution in [3.8, 4) is 0 Å². The smallest absolute Gasteiger partial charge is 0.335 e. The summed E-state index contributed by atoms with van der Waals surface area (Å²) < 4.78 is 27.1. The molecule has 0 saturated carbocycles. The lowest BCUT2D eigenvalue weighted by molar-refractivity contribution is 0.0697. The minimum absolute atomic E-state index is 0.268. The monoisotopic (exact) mass is 374 g/mol. The molecule has 1 N–H and O–H groups in total. The second kappa shape index (κ2) is 7.99. The first kappa shape index (κ1) is 18.6. The van der Waals surface area contributed by atoms with Crippen molar-refractivity contribution in [2.24, 2.45) is 0 Å². The Morgan fingerprint density at radius 1 is 0.923 bits per heavy atom. The van der Waals surface area contributed by atoms with E-state index in [4.69, 9.17) is 5.11 Å². The number of carboxylic acid groups (broad SMARTS) is 1. The van der Waals surface area contributed by atoms with Gasteiger partial charge in [0.15, 0.2) is 0 Å². The van der Waals surface area contributed by atoms with E-state index in [1.807, 2.05) is 12.1 Å². The SMILES string of the molecule is O=C(O)c1ccc(CN2CCCN(S(=O)(=O)c3ccccc3)CC2)cc1. The molecule has 0 spiro atoms. The summed E-state index contributed by atoms with van der Waals surface area (Å²) in [5.74, 6) is -0.937. The molecule has 1 fully saturated rings. The number of sulfonamides is 1. The highest BCUT2D eigenvalue weighted by atomic mass is 32.2. The van der Waals surface area contributed by atoms with Crippen LogP contribution in [-0.2, 0) is 16.6 Å². The van der Waals surface area contributed by atoms with Crippen LogP contribution in [0.4, 0.5) is 0 Å². The molecule has 0 unspecified atom stereocenters. The predicted octanol–water partition coefficient (Wildman–Crippen LogP) is 2.28. The Kier molecular flexibility index (Phi) is 5.70. The summed E-state index contributed by atoms with van der Waals surface area (Å²) in [6.07, 6.45) is 0.763. The molecule has 138 valence electrons. The average molecular weight is 374 g/mol. The minimum Gasteiger partial charge on any atom is -0.478 e. The Balaban J connectivity index is 1.64. The fraction of sp³-hybridized carbons (Fsp3) is 0.316. The molecular formula is C19H22N2O4S. The molecule has 1 heterocycles. The van der Waals surface area contributed by atoms with E-state index in [-0.39, 0.29) is 5.56 Å². The third kappa shape index (κ3) is 4.30. The van der Waals surface area contributed by atoms with Crippen molar-refractivity contribution in [3.05, 3.63) is 65.7 Å². The van der Waals surface area contributed by atoms with Crippen molar-refractivity contribution in [2.75, 3.05) is 26.2 Å². The average Bonchev–Trinajstić information content (AvgIpc) is 2.89. The van der Waals surface area contributed by atoms with Crippen LogP contribution in [0, 0.1) is 0 Å². The van der Waals surface area contributed by atoms with Crippen LogP contribution in [0.3, 0.4) is 0 Å². The van der Waals surface area contributed by atoms with E-state index < -0.39 is 16.0 Å². The summed E-state index contributed by atoms with van der Waals surface area (Å²) in [5.41, 5.74) is 1.29. The van der Waals surface area contributed by atoms with Crippen molar-refractivity contribution in [2.45, 2.75) is 17.9 Å². The van der Waals surface area contributed by atoms with Crippen molar-refractivity contribution in [1.29, 1.82) is 0 Å². The van der Waals surface area contributed by atoms with E-state index in [0.29, 0.717) is 31.1 Å². The van der Waals surface area contributed by atoms with Crippen LogP contribution < -0.4 is 0 Å². The second-order valence-electron chi connectivity index (χ2n) is 6.35. The number of carbonyl (C=O) groups is 1. The number of aromatic carboxylic acids is 1. The number of carboxylic acids is 1. The van der Waals surface area contributed by atoms with Gasteiger partial charge >= 0.3 is 5.97 Å². The normalized spacial score (nSPS) is 16.9. The summed E-state index contributed by atoms with van der Waals surface area (Å²) in [5, 5.41) is 8.96. The van der Waals surface area contributed by atoms with E-state index in [0.717, 1.165) is 18.5 Å². The molecule has 0 aliphatic carbocycles. The molecule has 26 heavy (non-hydrogen) atoms. The third-order valence-corrected chi connectivity index (χ3v) is 6.45. The molecule has 1 saturated heterocycles. The maximum atomic E-state index is 12.8. The molecule has 3 rings (SSSR count). The Labute approximate surface area is 153 Å². The van der Waals surface area contributed by atoms with Gasteiger partial charge in [0.05, 0.1) is 10.5 Å². The maximum Gasteiger partial charge on any atom is 0.335 e. The van der Waals surface area contributed by atoms with Crippen molar-refractivity contribution < 1.29 is 18.3 Å². The van der Waals surface area contributed by atoms with E-state index >= 15 is 0 Å². The van der Waals surface area contributed by atoms with Crippen LogP contribution >= 0.6 is 0 Å². The van der Waals surface area contributed by atoms with E-state index in [9.17, 15) is 13.2 Å². The Morgan fingerprint density at radius 3 is 2.27 bits per heavy atom. The molecule has 0 atom stereocenters. The third-order valence-electron chi connectivity index (χ3n) is 4.54. The molecule has 7 heteroatoms. The first-order valence-electron chi connectivity index (χ1n) is 8.56. The Morgan fingerprint density at radius 2 is 1.62 bits per heavy atom. The summed E-state index contributed by atoms with van der Waals surface area (Å²) in [6, 6.07) is 15.3. The zero-order valence-corrected chi connectivity index (χ0v) is 15.2.